The van der Waals surface area contributed by atoms with Crippen LogP contribution >= 0.6 is 0 Å². The molecule has 0 aliphatic heterocycles. The van der Waals surface area contributed by atoms with Crippen molar-refractivity contribution in [3.63, 3.8) is 0 Å². The highest BCUT2D eigenvalue weighted by molar-refractivity contribution is 5.91. The van der Waals surface area contributed by atoms with Crippen molar-refractivity contribution in [1.82, 2.24) is 10.3 Å². The summed E-state index contributed by atoms with van der Waals surface area (Å²) in [6, 6.07) is 17.4. The van der Waals surface area contributed by atoms with Gasteiger partial charge in [0.15, 0.2) is 17.3 Å². The van der Waals surface area contributed by atoms with Crippen LogP contribution in [0.25, 0.3) is 10.9 Å². The zero-order valence-electron chi connectivity index (χ0n) is 17.0. The van der Waals surface area contributed by atoms with E-state index in [-0.39, 0.29) is 17.6 Å². The lowest BCUT2D eigenvalue weighted by molar-refractivity contribution is 0.0925. The van der Waals surface area contributed by atoms with E-state index < -0.39 is 0 Å². The standard InChI is InChI=1S/C24H24N2O4/c1-3-29-21-11-10-16(13-23(21)28-2)18(14-26-24(27)22-9-6-12-30-22)19-15-25-20-8-5-4-7-17(19)20/h4-13,15,18,25H,3,14H2,1-2H3,(H,26,27). The van der Waals surface area contributed by atoms with Crippen LogP contribution in [0.2, 0.25) is 0 Å². The summed E-state index contributed by atoms with van der Waals surface area (Å²) in [6.07, 6.45) is 3.49. The third kappa shape index (κ3) is 3.89. The molecule has 30 heavy (non-hydrogen) atoms. The Bertz CT molecular complexity index is 1130. The normalized spacial score (nSPS) is 11.9. The van der Waals surface area contributed by atoms with Gasteiger partial charge in [0.2, 0.25) is 0 Å². The lowest BCUT2D eigenvalue weighted by Gasteiger charge is -2.20. The van der Waals surface area contributed by atoms with Crippen LogP contribution < -0.4 is 14.8 Å². The number of furan rings is 1. The van der Waals surface area contributed by atoms with Crippen LogP contribution in [-0.4, -0.2) is 31.2 Å². The number of carbonyl (C=O) groups is 1. The molecule has 2 N–H and O–H groups in total. The molecule has 1 atom stereocenters. The van der Waals surface area contributed by atoms with E-state index in [9.17, 15) is 4.79 Å². The molecular formula is C24H24N2O4. The maximum atomic E-state index is 12.5. The van der Waals surface area contributed by atoms with Crippen LogP contribution in [0, 0.1) is 0 Å². The highest BCUT2D eigenvalue weighted by atomic mass is 16.5. The summed E-state index contributed by atoms with van der Waals surface area (Å²) < 4.78 is 16.4. The van der Waals surface area contributed by atoms with Crippen LogP contribution in [0.5, 0.6) is 11.5 Å². The molecule has 0 fully saturated rings. The van der Waals surface area contributed by atoms with Gasteiger partial charge in [-0.15, -0.1) is 0 Å². The first-order chi connectivity index (χ1) is 14.7. The third-order valence-corrected chi connectivity index (χ3v) is 5.10. The van der Waals surface area contributed by atoms with Crippen molar-refractivity contribution < 1.29 is 18.7 Å². The van der Waals surface area contributed by atoms with E-state index in [1.807, 2.05) is 49.5 Å². The van der Waals surface area contributed by atoms with Gasteiger partial charge in [-0.25, -0.2) is 0 Å². The molecule has 2 aromatic carbocycles. The average molecular weight is 404 g/mol. The number of rotatable bonds is 8. The van der Waals surface area contributed by atoms with Crippen molar-refractivity contribution in [3.8, 4) is 11.5 Å². The topological polar surface area (TPSA) is 76.5 Å². The molecule has 4 aromatic rings. The second kappa shape index (κ2) is 8.78. The monoisotopic (exact) mass is 404 g/mol. The Morgan fingerprint density at radius 1 is 1.13 bits per heavy atom. The Morgan fingerprint density at radius 3 is 2.77 bits per heavy atom. The molecule has 0 bridgehead atoms. The Labute approximate surface area is 174 Å². The van der Waals surface area contributed by atoms with E-state index in [1.54, 1.807) is 19.2 Å². The molecule has 154 valence electrons. The number of amides is 1. The first kappa shape index (κ1) is 19.6. The molecule has 2 aromatic heterocycles. The van der Waals surface area contributed by atoms with Gasteiger partial charge in [-0.1, -0.05) is 24.3 Å². The van der Waals surface area contributed by atoms with Crippen LogP contribution in [0.3, 0.4) is 0 Å². The minimum Gasteiger partial charge on any atom is -0.493 e. The van der Waals surface area contributed by atoms with Gasteiger partial charge in [-0.2, -0.15) is 0 Å². The van der Waals surface area contributed by atoms with E-state index >= 15 is 0 Å². The largest absolute Gasteiger partial charge is 0.493 e. The fourth-order valence-corrected chi connectivity index (χ4v) is 3.65. The SMILES string of the molecule is CCOc1ccc(C(CNC(=O)c2ccco2)c2c[nH]c3ccccc23)cc1OC. The van der Waals surface area contributed by atoms with Crippen LogP contribution in [-0.2, 0) is 0 Å². The zero-order chi connectivity index (χ0) is 20.9. The van der Waals surface area contributed by atoms with Gasteiger partial charge in [-0.3, -0.25) is 4.79 Å². The molecule has 0 spiro atoms. The third-order valence-electron chi connectivity index (χ3n) is 5.10. The van der Waals surface area contributed by atoms with Crippen LogP contribution in [0.4, 0.5) is 0 Å². The van der Waals surface area contributed by atoms with Crippen molar-refractivity contribution in [3.05, 3.63) is 83.9 Å². The smallest absolute Gasteiger partial charge is 0.287 e. The molecule has 0 saturated carbocycles. The number of benzene rings is 2. The second-order valence-corrected chi connectivity index (χ2v) is 6.87. The summed E-state index contributed by atoms with van der Waals surface area (Å²) in [5.41, 5.74) is 3.16. The van der Waals surface area contributed by atoms with E-state index in [2.05, 4.69) is 16.4 Å². The highest BCUT2D eigenvalue weighted by Gasteiger charge is 2.21. The van der Waals surface area contributed by atoms with Gasteiger partial charge >= 0.3 is 0 Å². The van der Waals surface area contributed by atoms with Gasteiger partial charge in [0.05, 0.1) is 20.0 Å². The molecule has 1 unspecified atom stereocenters. The maximum Gasteiger partial charge on any atom is 0.287 e. The number of fused-ring (bicyclic) bond motifs is 1. The number of H-pyrrole nitrogens is 1. The molecule has 0 aliphatic carbocycles. The molecule has 6 heteroatoms. The minimum atomic E-state index is -0.247. The number of nitrogens with one attached hydrogen (secondary N) is 2. The zero-order valence-corrected chi connectivity index (χ0v) is 17.0. The van der Waals surface area contributed by atoms with E-state index in [1.165, 1.54) is 6.26 Å². The molecule has 0 aliphatic rings. The predicted octanol–water partition coefficient (Wildman–Crippen LogP) is 4.73. The number of hydrogen-bond donors (Lipinski definition) is 2. The summed E-state index contributed by atoms with van der Waals surface area (Å²) in [5, 5.41) is 4.11. The fraction of sp³-hybridized carbons (Fsp3) is 0.208. The Hall–Kier alpha value is -3.67. The van der Waals surface area contributed by atoms with Gasteiger partial charge in [0.1, 0.15) is 0 Å². The first-order valence-electron chi connectivity index (χ1n) is 9.89. The average Bonchev–Trinajstić information content (AvgIpc) is 3.45. The minimum absolute atomic E-state index is 0.0929. The maximum absolute atomic E-state index is 12.5. The quantitative estimate of drug-likeness (QED) is 0.445. The lowest BCUT2D eigenvalue weighted by Crippen LogP contribution is -2.28. The number of methoxy groups -OCH3 is 1. The van der Waals surface area contributed by atoms with Crippen molar-refractivity contribution in [1.29, 1.82) is 0 Å². The number of para-hydroxylation sites is 1. The number of ether oxygens (including phenoxy) is 2. The van der Waals surface area contributed by atoms with Crippen molar-refractivity contribution >= 4 is 16.8 Å². The number of hydrogen-bond acceptors (Lipinski definition) is 4. The Kier molecular flexibility index (Phi) is 5.75. The van der Waals surface area contributed by atoms with Crippen LogP contribution in [0.1, 0.15) is 34.5 Å². The molecular weight excluding hydrogens is 380 g/mol. The number of aromatic nitrogens is 1. The summed E-state index contributed by atoms with van der Waals surface area (Å²) >= 11 is 0. The molecule has 6 nitrogen and oxygen atoms in total. The summed E-state index contributed by atoms with van der Waals surface area (Å²) in [6.45, 7) is 2.89. The van der Waals surface area contributed by atoms with Gasteiger partial charge in [0.25, 0.3) is 5.91 Å². The Morgan fingerprint density at radius 2 is 2.00 bits per heavy atom. The van der Waals surface area contributed by atoms with Crippen molar-refractivity contribution in [2.24, 2.45) is 0 Å². The highest BCUT2D eigenvalue weighted by Crippen LogP contribution is 2.35. The first-order valence-corrected chi connectivity index (χ1v) is 9.89. The van der Waals surface area contributed by atoms with E-state index in [0.717, 1.165) is 22.0 Å². The van der Waals surface area contributed by atoms with Crippen molar-refractivity contribution in [2.45, 2.75) is 12.8 Å². The molecule has 4 rings (SSSR count). The second-order valence-electron chi connectivity index (χ2n) is 6.87. The van der Waals surface area contributed by atoms with Crippen molar-refractivity contribution in [2.75, 3.05) is 20.3 Å². The molecule has 0 radical (unpaired) electrons. The summed E-state index contributed by atoms with van der Waals surface area (Å²) in [7, 11) is 1.63. The lowest BCUT2D eigenvalue weighted by atomic mass is 9.90. The molecule has 1 amide bonds. The predicted molar refractivity (Wildman–Crippen MR) is 115 cm³/mol. The van der Waals surface area contributed by atoms with Gasteiger partial charge in [0, 0.05) is 29.6 Å². The number of aromatic amines is 1. The summed E-state index contributed by atoms with van der Waals surface area (Å²) in [5.74, 6) is 1.31. The number of carbonyl (C=O) groups excluding carboxylic acids is 1. The van der Waals surface area contributed by atoms with E-state index in [4.69, 9.17) is 13.9 Å². The summed E-state index contributed by atoms with van der Waals surface area (Å²) in [4.78, 5) is 15.8. The Balaban J connectivity index is 1.71. The fourth-order valence-electron chi connectivity index (χ4n) is 3.65. The molecule has 2 heterocycles. The van der Waals surface area contributed by atoms with Gasteiger partial charge in [-0.05, 0) is 48.4 Å². The van der Waals surface area contributed by atoms with E-state index in [0.29, 0.717) is 24.7 Å². The molecule has 0 saturated heterocycles. The van der Waals surface area contributed by atoms with Gasteiger partial charge < -0.3 is 24.2 Å². The van der Waals surface area contributed by atoms with Crippen LogP contribution in [0.15, 0.2) is 71.5 Å².